The number of rotatable bonds is 1. The molecule has 2 aromatic rings. The van der Waals surface area contributed by atoms with E-state index in [1.54, 1.807) is 0 Å². The van der Waals surface area contributed by atoms with Crippen molar-refractivity contribution in [3.8, 4) is 21.4 Å². The fourth-order valence-electron chi connectivity index (χ4n) is 1.62. The second-order valence-corrected chi connectivity index (χ2v) is 6.73. The molecule has 0 aliphatic rings. The van der Waals surface area contributed by atoms with E-state index in [1.807, 2.05) is 60.7 Å². The van der Waals surface area contributed by atoms with Gasteiger partial charge in [0.05, 0.1) is 0 Å². The van der Waals surface area contributed by atoms with Crippen LogP contribution in [-0.2, 0) is 0 Å². The molecule has 0 N–H and O–H groups in total. The summed E-state index contributed by atoms with van der Waals surface area (Å²) < 4.78 is 0. The van der Waals surface area contributed by atoms with Crippen molar-refractivity contribution in [1.29, 1.82) is 0 Å². The maximum absolute atomic E-state index is 3.37. The summed E-state index contributed by atoms with van der Waals surface area (Å²) in [4.78, 5) is 6.74. The van der Waals surface area contributed by atoms with E-state index in [9.17, 15) is 0 Å². The van der Waals surface area contributed by atoms with Crippen LogP contribution in [-0.4, -0.2) is 14.1 Å². The Morgan fingerprint density at radius 3 is 1.53 bits per heavy atom. The average molecular weight is 258 g/mol. The lowest BCUT2D eigenvalue weighted by Gasteiger charge is -1.91. The zero-order chi connectivity index (χ0) is 13.3. The summed E-state index contributed by atoms with van der Waals surface area (Å²) in [6.07, 6.45) is 0. The van der Waals surface area contributed by atoms with Gasteiger partial charge in [-0.1, -0.05) is 60.4 Å². The zero-order valence-electron chi connectivity index (χ0n) is 11.1. The predicted molar refractivity (Wildman–Crippen MR) is 82.9 cm³/mol. The molecule has 0 aliphatic carbocycles. The van der Waals surface area contributed by atoms with Crippen LogP contribution < -0.4 is 0 Å². The first-order valence-electron chi connectivity index (χ1n) is 6.51. The monoisotopic (exact) mass is 258 g/mol. The molecule has 0 heterocycles. The molecule has 2 aromatic carbocycles. The third kappa shape index (κ3) is 4.69. The highest BCUT2D eigenvalue weighted by atomic mass is 27.2. The predicted octanol–water partition coefficient (Wildman–Crippen LogP) is 3.68. The van der Waals surface area contributed by atoms with E-state index in [0.29, 0.717) is 0 Å². The standard InChI is InChI=1S/2C8H5.C2H5.Al/c2*1-2-8-6-4-3-5-7-8;1-2;/h2*3-7H;1H2,2H3;. The van der Waals surface area contributed by atoms with Gasteiger partial charge < -0.3 is 0 Å². The molecule has 0 saturated carbocycles. The molecule has 0 aromatic heterocycles. The van der Waals surface area contributed by atoms with E-state index in [4.69, 9.17) is 0 Å². The van der Waals surface area contributed by atoms with Gasteiger partial charge in [-0.2, -0.15) is 9.56 Å². The highest BCUT2D eigenvalue weighted by Crippen LogP contribution is 1.98. The first-order valence-corrected chi connectivity index (χ1v) is 8.49. The van der Waals surface area contributed by atoms with E-state index in [2.05, 4.69) is 28.3 Å². The Kier molecular flexibility index (Phi) is 5.35. The zero-order valence-corrected chi connectivity index (χ0v) is 12.2. The minimum atomic E-state index is -1.27. The summed E-state index contributed by atoms with van der Waals surface area (Å²) in [6, 6.07) is 20.2. The van der Waals surface area contributed by atoms with Gasteiger partial charge in [0.25, 0.3) is 0 Å². The van der Waals surface area contributed by atoms with E-state index in [1.165, 1.54) is 0 Å². The van der Waals surface area contributed by atoms with Crippen molar-refractivity contribution in [3.05, 3.63) is 71.8 Å². The lowest BCUT2D eigenvalue weighted by molar-refractivity contribution is 1.45. The summed E-state index contributed by atoms with van der Waals surface area (Å²) in [5, 5.41) is 1.08. The smallest absolute Gasteiger partial charge is 0.179 e. The molecule has 0 nitrogen and oxygen atoms in total. The van der Waals surface area contributed by atoms with Gasteiger partial charge in [0.2, 0.25) is 0 Å². The van der Waals surface area contributed by atoms with Crippen molar-refractivity contribution in [2.75, 3.05) is 0 Å². The summed E-state index contributed by atoms with van der Waals surface area (Å²) in [6.45, 7) is 2.18. The van der Waals surface area contributed by atoms with Gasteiger partial charge in [-0.25, -0.2) is 0 Å². The Morgan fingerprint density at radius 1 is 0.737 bits per heavy atom. The van der Waals surface area contributed by atoms with E-state index in [0.717, 1.165) is 16.4 Å². The summed E-state index contributed by atoms with van der Waals surface area (Å²) in [7, 11) is 0. The molecule has 1 heteroatoms. The quantitative estimate of drug-likeness (QED) is 0.540. The van der Waals surface area contributed by atoms with Gasteiger partial charge in [0.1, 0.15) is 0 Å². The van der Waals surface area contributed by atoms with Gasteiger partial charge in [-0.3, -0.25) is 0 Å². The molecule has 0 fully saturated rings. The molecule has 0 saturated heterocycles. The fraction of sp³-hybridized carbons (Fsp3) is 0.111. The average Bonchev–Trinajstić information content (AvgIpc) is 2.49. The first-order chi connectivity index (χ1) is 9.38. The molecule has 90 valence electrons. The minimum absolute atomic E-state index is 1.08. The Morgan fingerprint density at radius 2 is 1.16 bits per heavy atom. The molecule has 2 rings (SSSR count). The van der Waals surface area contributed by atoms with Gasteiger partial charge >= 0.3 is 14.1 Å². The van der Waals surface area contributed by atoms with Crippen LogP contribution in [0.5, 0.6) is 0 Å². The second-order valence-electron chi connectivity index (χ2n) is 4.23. The van der Waals surface area contributed by atoms with Crippen LogP contribution in [0.3, 0.4) is 0 Å². The maximum Gasteiger partial charge on any atom is 0.477 e. The lowest BCUT2D eigenvalue weighted by atomic mass is 10.2. The maximum atomic E-state index is 3.37. The molecule has 0 radical (unpaired) electrons. The van der Waals surface area contributed by atoms with Crippen molar-refractivity contribution in [1.82, 2.24) is 0 Å². The van der Waals surface area contributed by atoms with Crippen molar-refractivity contribution in [2.24, 2.45) is 0 Å². The third-order valence-corrected chi connectivity index (χ3v) is 4.54. The summed E-state index contributed by atoms with van der Waals surface area (Å²) in [5.74, 6) is 6.48. The Hall–Kier alpha value is -1.91. The molecule has 0 atom stereocenters. The van der Waals surface area contributed by atoms with Gasteiger partial charge in [0, 0.05) is 11.1 Å². The van der Waals surface area contributed by atoms with E-state index in [-0.39, 0.29) is 0 Å². The Balaban J connectivity index is 2.10. The van der Waals surface area contributed by atoms with E-state index < -0.39 is 14.1 Å². The molecular weight excluding hydrogens is 243 g/mol. The number of hydrogen-bond donors (Lipinski definition) is 0. The molecule has 0 unspecified atom stereocenters. The second kappa shape index (κ2) is 7.51. The van der Waals surface area contributed by atoms with Crippen molar-refractivity contribution >= 4 is 14.1 Å². The highest BCUT2D eigenvalue weighted by molar-refractivity contribution is 6.75. The molecule has 0 bridgehead atoms. The largest absolute Gasteiger partial charge is 0.477 e. The fourth-order valence-corrected chi connectivity index (χ4v) is 2.79. The lowest BCUT2D eigenvalue weighted by Crippen LogP contribution is -2.04. The van der Waals surface area contributed by atoms with Crippen LogP contribution in [0.2, 0.25) is 5.28 Å². The van der Waals surface area contributed by atoms with Gasteiger partial charge in [-0.15, -0.1) is 0 Å². The topological polar surface area (TPSA) is 0 Å². The summed E-state index contributed by atoms with van der Waals surface area (Å²) >= 11 is -1.27. The van der Waals surface area contributed by atoms with Crippen LogP contribution >= 0.6 is 0 Å². The van der Waals surface area contributed by atoms with Crippen molar-refractivity contribution < 1.29 is 0 Å². The molecule has 0 aliphatic heterocycles. The van der Waals surface area contributed by atoms with Crippen molar-refractivity contribution in [3.63, 3.8) is 0 Å². The van der Waals surface area contributed by atoms with E-state index >= 15 is 0 Å². The normalized spacial score (nSPS) is 8.68. The third-order valence-electron chi connectivity index (χ3n) is 2.74. The van der Waals surface area contributed by atoms with Crippen LogP contribution in [0.1, 0.15) is 18.1 Å². The highest BCUT2D eigenvalue weighted by Gasteiger charge is 2.08. The molecule has 0 amide bonds. The van der Waals surface area contributed by atoms with Crippen LogP contribution in [0, 0.1) is 21.4 Å². The SMILES string of the molecule is C[CH2][Al]([C]#Cc1ccccc1)[C]#Cc1ccccc1. The Labute approximate surface area is 119 Å². The van der Waals surface area contributed by atoms with Gasteiger partial charge in [-0.05, 0) is 24.3 Å². The number of benzene rings is 2. The number of hydrogen-bond acceptors (Lipinski definition) is 0. The molecular formula is C18H15Al. The first kappa shape index (κ1) is 13.5. The minimum Gasteiger partial charge on any atom is -0.179 e. The van der Waals surface area contributed by atoms with Crippen molar-refractivity contribution in [2.45, 2.75) is 12.2 Å². The van der Waals surface area contributed by atoms with Crippen LogP contribution in [0.15, 0.2) is 60.7 Å². The molecule has 19 heavy (non-hydrogen) atoms. The van der Waals surface area contributed by atoms with Gasteiger partial charge in [0.15, 0.2) is 0 Å². The van der Waals surface area contributed by atoms with Crippen LogP contribution in [0.4, 0.5) is 0 Å². The Bertz CT molecular complexity index is 564. The van der Waals surface area contributed by atoms with Crippen LogP contribution in [0.25, 0.3) is 0 Å². The molecule has 0 spiro atoms. The summed E-state index contributed by atoms with van der Waals surface area (Å²) in [5.41, 5.74) is 2.16.